The van der Waals surface area contributed by atoms with Gasteiger partial charge in [0.1, 0.15) is 11.8 Å². The number of ether oxygens (including phenoxy) is 1. The molecule has 7 nitrogen and oxygen atoms in total. The van der Waals surface area contributed by atoms with Gasteiger partial charge in [-0.3, -0.25) is 9.59 Å². The molecule has 1 fully saturated rings. The van der Waals surface area contributed by atoms with Crippen LogP contribution in [0.5, 0.6) is 5.75 Å². The van der Waals surface area contributed by atoms with Crippen LogP contribution in [0.15, 0.2) is 77.7 Å². The van der Waals surface area contributed by atoms with E-state index >= 15 is 0 Å². The van der Waals surface area contributed by atoms with Gasteiger partial charge in [-0.25, -0.2) is 13.3 Å². The summed E-state index contributed by atoms with van der Waals surface area (Å²) in [6.45, 7) is 3.93. The van der Waals surface area contributed by atoms with Crippen molar-refractivity contribution in [1.82, 2.24) is 4.31 Å². The number of sulfonamides is 1. The van der Waals surface area contributed by atoms with Crippen LogP contribution >= 0.6 is 11.6 Å². The monoisotopic (exact) mass is 526 g/mol. The van der Waals surface area contributed by atoms with Crippen LogP contribution in [0, 0.1) is 0 Å². The highest BCUT2D eigenvalue weighted by Gasteiger charge is 2.47. The first-order chi connectivity index (χ1) is 17.1. The molecule has 0 bridgehead atoms. The minimum absolute atomic E-state index is 0.0182. The van der Waals surface area contributed by atoms with Gasteiger partial charge in [-0.2, -0.15) is 4.31 Å². The third-order valence-corrected chi connectivity index (χ3v) is 8.48. The summed E-state index contributed by atoms with van der Waals surface area (Å²) >= 11 is 6.34. The molecule has 0 saturated carbocycles. The SMILES string of the molecule is COc1ccc(S(=O)(=O)N(Cc2ccccc2Cl)C2CC(=O)N(c3ccc(C(C)C)cc3)C2=O)cc1. The van der Waals surface area contributed by atoms with E-state index in [0.717, 1.165) is 14.8 Å². The van der Waals surface area contributed by atoms with Crippen molar-refractivity contribution in [2.45, 2.75) is 43.7 Å². The number of amides is 2. The Bertz CT molecular complexity index is 1370. The highest BCUT2D eigenvalue weighted by molar-refractivity contribution is 7.89. The van der Waals surface area contributed by atoms with Crippen molar-refractivity contribution in [2.75, 3.05) is 12.0 Å². The van der Waals surface area contributed by atoms with Crippen molar-refractivity contribution in [3.63, 3.8) is 0 Å². The second-order valence-electron chi connectivity index (χ2n) is 8.85. The van der Waals surface area contributed by atoms with E-state index in [0.29, 0.717) is 22.0 Å². The molecule has 2 amide bonds. The zero-order chi connectivity index (χ0) is 26.0. The summed E-state index contributed by atoms with van der Waals surface area (Å²) in [5.74, 6) is -0.273. The van der Waals surface area contributed by atoms with Crippen LogP contribution in [0.4, 0.5) is 5.69 Å². The predicted octanol–water partition coefficient (Wildman–Crippen LogP) is 5.00. The molecule has 0 aliphatic carbocycles. The van der Waals surface area contributed by atoms with Crippen LogP contribution in [0.3, 0.4) is 0 Å². The Morgan fingerprint density at radius 3 is 2.22 bits per heavy atom. The number of hydrogen-bond donors (Lipinski definition) is 0. The minimum atomic E-state index is -4.18. The lowest BCUT2D eigenvalue weighted by Gasteiger charge is -2.27. The van der Waals surface area contributed by atoms with Crippen LogP contribution < -0.4 is 9.64 Å². The number of methoxy groups -OCH3 is 1. The smallest absolute Gasteiger partial charge is 0.252 e. The number of carbonyl (C=O) groups excluding carboxylic acids is 2. The van der Waals surface area contributed by atoms with Crippen LogP contribution in [-0.2, 0) is 26.2 Å². The van der Waals surface area contributed by atoms with E-state index < -0.39 is 27.9 Å². The molecule has 0 N–H and O–H groups in total. The highest BCUT2D eigenvalue weighted by atomic mass is 35.5. The molecule has 3 aromatic carbocycles. The van der Waals surface area contributed by atoms with Gasteiger partial charge in [-0.15, -0.1) is 0 Å². The fourth-order valence-corrected chi connectivity index (χ4v) is 5.92. The van der Waals surface area contributed by atoms with Gasteiger partial charge >= 0.3 is 0 Å². The van der Waals surface area contributed by atoms with E-state index in [1.165, 1.54) is 31.4 Å². The Balaban J connectivity index is 1.74. The van der Waals surface area contributed by atoms with Gasteiger partial charge in [0.25, 0.3) is 5.91 Å². The Kier molecular flexibility index (Phi) is 7.49. The van der Waals surface area contributed by atoms with Gasteiger partial charge in [0.2, 0.25) is 15.9 Å². The molecular formula is C27H27ClN2O5S. The lowest BCUT2D eigenvalue weighted by atomic mass is 10.0. The normalized spacial score (nSPS) is 16.3. The molecule has 1 saturated heterocycles. The van der Waals surface area contributed by atoms with Gasteiger partial charge < -0.3 is 4.74 Å². The quantitative estimate of drug-likeness (QED) is 0.386. The van der Waals surface area contributed by atoms with Crippen LogP contribution in [-0.4, -0.2) is 37.7 Å². The summed E-state index contributed by atoms with van der Waals surface area (Å²) in [7, 11) is -2.70. The first-order valence-corrected chi connectivity index (χ1v) is 13.3. The number of hydrogen-bond acceptors (Lipinski definition) is 5. The van der Waals surface area contributed by atoms with Gasteiger partial charge in [0, 0.05) is 11.6 Å². The van der Waals surface area contributed by atoms with Crippen molar-refractivity contribution in [3.05, 3.63) is 88.9 Å². The van der Waals surface area contributed by atoms with Crippen molar-refractivity contribution in [3.8, 4) is 5.75 Å². The number of anilines is 1. The van der Waals surface area contributed by atoms with E-state index in [-0.39, 0.29) is 23.8 Å². The number of nitrogens with zero attached hydrogens (tertiary/aromatic N) is 2. The molecule has 1 aliphatic heterocycles. The Morgan fingerprint density at radius 2 is 1.64 bits per heavy atom. The van der Waals surface area contributed by atoms with Gasteiger partial charge in [-0.1, -0.05) is 55.8 Å². The molecule has 4 rings (SSSR count). The third kappa shape index (κ3) is 5.02. The first-order valence-electron chi connectivity index (χ1n) is 11.5. The number of benzene rings is 3. The number of halogens is 1. The number of carbonyl (C=O) groups is 2. The molecule has 3 aromatic rings. The largest absolute Gasteiger partial charge is 0.497 e. The van der Waals surface area contributed by atoms with Gasteiger partial charge in [0.15, 0.2) is 0 Å². The van der Waals surface area contributed by atoms with Crippen LogP contribution in [0.1, 0.15) is 37.3 Å². The fraction of sp³-hybridized carbons (Fsp3) is 0.259. The zero-order valence-corrected chi connectivity index (χ0v) is 21.8. The molecule has 0 radical (unpaired) electrons. The molecule has 188 valence electrons. The molecular weight excluding hydrogens is 500 g/mol. The molecule has 1 atom stereocenters. The summed E-state index contributed by atoms with van der Waals surface area (Å²) in [5.41, 5.74) is 2.00. The van der Waals surface area contributed by atoms with Gasteiger partial charge in [0.05, 0.1) is 24.1 Å². The van der Waals surface area contributed by atoms with E-state index in [1.807, 2.05) is 26.0 Å². The maximum absolute atomic E-state index is 13.8. The van der Waals surface area contributed by atoms with E-state index in [9.17, 15) is 18.0 Å². The highest BCUT2D eigenvalue weighted by Crippen LogP contribution is 2.32. The van der Waals surface area contributed by atoms with E-state index in [4.69, 9.17) is 16.3 Å². The Morgan fingerprint density at radius 1 is 1.00 bits per heavy atom. The Hall–Kier alpha value is -3.20. The Labute approximate surface area is 216 Å². The maximum atomic E-state index is 13.8. The van der Waals surface area contributed by atoms with Crippen molar-refractivity contribution >= 4 is 39.1 Å². The van der Waals surface area contributed by atoms with E-state index in [2.05, 4.69) is 0 Å². The maximum Gasteiger partial charge on any atom is 0.252 e. The second-order valence-corrected chi connectivity index (χ2v) is 11.1. The predicted molar refractivity (Wildman–Crippen MR) is 139 cm³/mol. The van der Waals surface area contributed by atoms with Crippen molar-refractivity contribution < 1.29 is 22.7 Å². The lowest BCUT2D eigenvalue weighted by Crippen LogP contribution is -2.45. The lowest BCUT2D eigenvalue weighted by molar-refractivity contribution is -0.122. The zero-order valence-electron chi connectivity index (χ0n) is 20.2. The molecule has 0 aromatic heterocycles. The summed E-state index contributed by atoms with van der Waals surface area (Å²) in [6.07, 6.45) is -0.273. The molecule has 36 heavy (non-hydrogen) atoms. The average Bonchev–Trinajstić information content (AvgIpc) is 3.16. The van der Waals surface area contributed by atoms with Crippen molar-refractivity contribution in [1.29, 1.82) is 0 Å². The van der Waals surface area contributed by atoms with Gasteiger partial charge in [-0.05, 0) is 59.5 Å². The first kappa shape index (κ1) is 25.9. The summed E-state index contributed by atoms with van der Waals surface area (Å²) < 4.78 is 33.8. The molecule has 9 heteroatoms. The third-order valence-electron chi connectivity index (χ3n) is 6.24. The van der Waals surface area contributed by atoms with Crippen molar-refractivity contribution in [2.24, 2.45) is 0 Å². The minimum Gasteiger partial charge on any atom is -0.497 e. The number of imide groups is 1. The number of rotatable bonds is 8. The van der Waals surface area contributed by atoms with Crippen LogP contribution in [0.2, 0.25) is 5.02 Å². The topological polar surface area (TPSA) is 84.0 Å². The van der Waals surface area contributed by atoms with Crippen LogP contribution in [0.25, 0.3) is 0 Å². The summed E-state index contributed by atoms with van der Waals surface area (Å²) in [4.78, 5) is 27.7. The molecule has 1 aliphatic rings. The summed E-state index contributed by atoms with van der Waals surface area (Å²) in [6, 6.07) is 18.7. The second kappa shape index (κ2) is 10.4. The molecule has 1 heterocycles. The standard InChI is InChI=1S/C27H27ClN2O5S/c1-18(2)19-8-10-21(11-9-19)30-26(31)16-25(27(30)32)29(17-20-6-4-5-7-24(20)28)36(33,34)23-14-12-22(35-3)13-15-23/h4-15,18,25H,16-17H2,1-3H3. The fourth-order valence-electron chi connectivity index (χ4n) is 4.16. The molecule has 1 unspecified atom stereocenters. The average molecular weight is 527 g/mol. The molecule has 0 spiro atoms. The van der Waals surface area contributed by atoms with E-state index in [1.54, 1.807) is 36.4 Å². The summed E-state index contributed by atoms with van der Waals surface area (Å²) in [5, 5.41) is 0.366.